The molecule has 6 heteroatoms. The number of hydrogen-bond donors (Lipinski definition) is 1. The van der Waals surface area contributed by atoms with Crippen LogP contribution in [0.3, 0.4) is 0 Å². The van der Waals surface area contributed by atoms with Crippen LogP contribution in [-0.4, -0.2) is 20.4 Å². The highest BCUT2D eigenvalue weighted by atomic mass is 32.1. The first-order valence-electron chi connectivity index (χ1n) is 7.33. The topological polar surface area (TPSA) is 59.8 Å². The lowest BCUT2D eigenvalue weighted by Crippen LogP contribution is -2.20. The molecule has 3 aromatic heterocycles. The molecule has 3 aromatic rings. The molecule has 0 bridgehead atoms. The fourth-order valence-corrected chi connectivity index (χ4v) is 3.18. The maximum absolute atomic E-state index is 12.3. The molecular formula is C17H18N4OS. The van der Waals surface area contributed by atoms with E-state index in [0.717, 1.165) is 33.3 Å². The van der Waals surface area contributed by atoms with Gasteiger partial charge in [-0.15, -0.1) is 11.3 Å². The van der Waals surface area contributed by atoms with Crippen molar-refractivity contribution in [3.8, 4) is 11.3 Å². The monoisotopic (exact) mass is 326 g/mol. The van der Waals surface area contributed by atoms with Gasteiger partial charge in [0, 0.05) is 40.4 Å². The third-order valence-electron chi connectivity index (χ3n) is 3.73. The summed E-state index contributed by atoms with van der Waals surface area (Å²) in [4.78, 5) is 20.8. The van der Waals surface area contributed by atoms with Gasteiger partial charge in [0.05, 0.1) is 10.7 Å². The molecule has 3 heterocycles. The average molecular weight is 326 g/mol. The van der Waals surface area contributed by atoms with Gasteiger partial charge in [-0.1, -0.05) is 0 Å². The van der Waals surface area contributed by atoms with Gasteiger partial charge in [-0.25, -0.2) is 4.98 Å². The number of nitrogens with one attached hydrogen (secondary N) is 1. The third-order valence-corrected chi connectivity index (χ3v) is 4.51. The molecule has 0 aromatic carbocycles. The minimum atomic E-state index is -0.0565. The van der Waals surface area contributed by atoms with E-state index in [9.17, 15) is 4.79 Å². The van der Waals surface area contributed by atoms with Gasteiger partial charge >= 0.3 is 0 Å². The zero-order valence-corrected chi connectivity index (χ0v) is 14.1. The van der Waals surface area contributed by atoms with Crippen molar-refractivity contribution in [2.45, 2.75) is 27.3 Å². The Morgan fingerprint density at radius 2 is 2.00 bits per heavy atom. The van der Waals surface area contributed by atoms with Gasteiger partial charge in [0.2, 0.25) is 5.91 Å². The standard InChI is InChI=1S/C17H18N4OS/c1-11-8-15(16-10-23-13(3)19-16)12(2)21(11)9-17(22)20-14-4-6-18-7-5-14/h4-8,10H,9H2,1-3H3,(H,18,20,22). The predicted octanol–water partition coefficient (Wildman–Crippen LogP) is 3.57. The molecule has 3 rings (SSSR count). The first-order valence-corrected chi connectivity index (χ1v) is 8.21. The van der Waals surface area contributed by atoms with E-state index in [1.54, 1.807) is 35.9 Å². The van der Waals surface area contributed by atoms with Crippen molar-refractivity contribution >= 4 is 22.9 Å². The van der Waals surface area contributed by atoms with Crippen LogP contribution in [-0.2, 0) is 11.3 Å². The van der Waals surface area contributed by atoms with Crippen LogP contribution in [0.15, 0.2) is 36.0 Å². The number of aryl methyl sites for hydroxylation is 2. The van der Waals surface area contributed by atoms with Crippen molar-refractivity contribution in [3.05, 3.63) is 52.4 Å². The zero-order valence-electron chi connectivity index (χ0n) is 13.3. The normalized spacial score (nSPS) is 10.7. The van der Waals surface area contributed by atoms with Crippen LogP contribution in [0.5, 0.6) is 0 Å². The van der Waals surface area contributed by atoms with E-state index in [1.807, 2.05) is 25.3 Å². The van der Waals surface area contributed by atoms with Crippen LogP contribution in [0.2, 0.25) is 0 Å². The second-order valence-electron chi connectivity index (χ2n) is 5.41. The summed E-state index contributed by atoms with van der Waals surface area (Å²) in [6.07, 6.45) is 3.31. The van der Waals surface area contributed by atoms with Gasteiger partial charge in [-0.3, -0.25) is 9.78 Å². The maximum atomic E-state index is 12.3. The number of pyridine rings is 1. The Hall–Kier alpha value is -2.47. The van der Waals surface area contributed by atoms with Gasteiger partial charge < -0.3 is 9.88 Å². The molecule has 1 N–H and O–H groups in total. The molecule has 0 unspecified atom stereocenters. The van der Waals surface area contributed by atoms with E-state index in [0.29, 0.717) is 0 Å². The molecular weight excluding hydrogens is 308 g/mol. The van der Waals surface area contributed by atoms with Gasteiger partial charge in [0.15, 0.2) is 0 Å². The quantitative estimate of drug-likeness (QED) is 0.797. The molecule has 0 saturated carbocycles. The second kappa shape index (κ2) is 6.34. The van der Waals surface area contributed by atoms with E-state index >= 15 is 0 Å². The lowest BCUT2D eigenvalue weighted by Gasteiger charge is -2.10. The van der Waals surface area contributed by atoms with E-state index in [4.69, 9.17) is 0 Å². The highest BCUT2D eigenvalue weighted by molar-refractivity contribution is 7.09. The van der Waals surface area contributed by atoms with Crippen LogP contribution in [0.4, 0.5) is 5.69 Å². The number of carbonyl (C=O) groups is 1. The molecule has 23 heavy (non-hydrogen) atoms. The zero-order chi connectivity index (χ0) is 16.4. The van der Waals surface area contributed by atoms with Gasteiger partial charge in [-0.2, -0.15) is 0 Å². The molecule has 118 valence electrons. The third kappa shape index (κ3) is 3.32. The summed E-state index contributed by atoms with van der Waals surface area (Å²) in [5, 5.41) is 5.98. The first kappa shape index (κ1) is 15.4. The molecule has 0 fully saturated rings. The number of nitrogens with zero attached hydrogens (tertiary/aromatic N) is 3. The van der Waals surface area contributed by atoms with E-state index in [1.165, 1.54) is 0 Å². The number of rotatable bonds is 4. The summed E-state index contributed by atoms with van der Waals surface area (Å²) < 4.78 is 2.01. The number of amides is 1. The summed E-state index contributed by atoms with van der Waals surface area (Å²) in [6, 6.07) is 5.64. The van der Waals surface area contributed by atoms with Gasteiger partial charge in [-0.05, 0) is 39.0 Å². The van der Waals surface area contributed by atoms with Gasteiger partial charge in [0.1, 0.15) is 6.54 Å². The lowest BCUT2D eigenvalue weighted by molar-refractivity contribution is -0.116. The number of hydrogen-bond acceptors (Lipinski definition) is 4. The fraction of sp³-hybridized carbons (Fsp3) is 0.235. The average Bonchev–Trinajstić information content (AvgIpc) is 3.07. The molecule has 0 saturated heterocycles. The predicted molar refractivity (Wildman–Crippen MR) is 92.6 cm³/mol. The van der Waals surface area contributed by atoms with Crippen molar-refractivity contribution < 1.29 is 4.79 Å². The number of anilines is 1. The Kier molecular flexibility index (Phi) is 4.25. The molecule has 5 nitrogen and oxygen atoms in total. The SMILES string of the molecule is Cc1nc(-c2cc(C)n(CC(=O)Nc3ccncc3)c2C)cs1. The van der Waals surface area contributed by atoms with E-state index < -0.39 is 0 Å². The van der Waals surface area contributed by atoms with Crippen LogP contribution in [0.25, 0.3) is 11.3 Å². The number of thiazole rings is 1. The van der Waals surface area contributed by atoms with Crippen molar-refractivity contribution in [2.24, 2.45) is 0 Å². The molecule has 0 spiro atoms. The summed E-state index contributed by atoms with van der Waals surface area (Å²) in [5.41, 5.74) is 4.92. The van der Waals surface area contributed by atoms with Crippen LogP contribution >= 0.6 is 11.3 Å². The Bertz CT molecular complexity index is 836. The molecule has 0 atom stereocenters. The number of aromatic nitrogens is 3. The Balaban J connectivity index is 1.81. The smallest absolute Gasteiger partial charge is 0.244 e. The lowest BCUT2D eigenvalue weighted by atomic mass is 10.2. The second-order valence-corrected chi connectivity index (χ2v) is 6.47. The Morgan fingerprint density at radius 3 is 2.65 bits per heavy atom. The van der Waals surface area contributed by atoms with Crippen LogP contribution in [0.1, 0.15) is 16.4 Å². The molecule has 0 radical (unpaired) electrons. The molecule has 0 aliphatic heterocycles. The summed E-state index contributed by atoms with van der Waals surface area (Å²) in [5.74, 6) is -0.0565. The van der Waals surface area contributed by atoms with E-state index in [-0.39, 0.29) is 12.5 Å². The van der Waals surface area contributed by atoms with Crippen molar-refractivity contribution in [1.29, 1.82) is 0 Å². The highest BCUT2D eigenvalue weighted by Crippen LogP contribution is 2.28. The van der Waals surface area contributed by atoms with Crippen molar-refractivity contribution in [2.75, 3.05) is 5.32 Å². The largest absolute Gasteiger partial charge is 0.339 e. The summed E-state index contributed by atoms with van der Waals surface area (Å²) in [6.45, 7) is 6.31. The minimum Gasteiger partial charge on any atom is -0.339 e. The minimum absolute atomic E-state index is 0.0565. The fourth-order valence-electron chi connectivity index (χ4n) is 2.57. The van der Waals surface area contributed by atoms with Crippen molar-refractivity contribution in [1.82, 2.24) is 14.5 Å². The molecule has 0 aliphatic carbocycles. The molecule has 0 aliphatic rings. The summed E-state index contributed by atoms with van der Waals surface area (Å²) >= 11 is 1.63. The summed E-state index contributed by atoms with van der Waals surface area (Å²) in [7, 11) is 0. The highest BCUT2D eigenvalue weighted by Gasteiger charge is 2.15. The molecule has 1 amide bonds. The first-order chi connectivity index (χ1) is 11.0. The van der Waals surface area contributed by atoms with Crippen molar-refractivity contribution in [3.63, 3.8) is 0 Å². The van der Waals surface area contributed by atoms with Gasteiger partial charge in [0.25, 0.3) is 0 Å². The Morgan fingerprint density at radius 1 is 1.26 bits per heavy atom. The maximum Gasteiger partial charge on any atom is 0.244 e. The van der Waals surface area contributed by atoms with Crippen LogP contribution in [0, 0.1) is 20.8 Å². The Labute approximate surface area is 139 Å². The number of carbonyl (C=O) groups excluding carboxylic acids is 1. The van der Waals surface area contributed by atoms with E-state index in [2.05, 4.69) is 26.7 Å². The van der Waals surface area contributed by atoms with Crippen LogP contribution < -0.4 is 5.32 Å².